The molecule has 7 nitrogen and oxygen atoms in total. The molecule has 3 amide bonds. The average Bonchev–Trinajstić information content (AvgIpc) is 2.94. The Hall–Kier alpha value is -2.48. The fourth-order valence-electron chi connectivity index (χ4n) is 1.71. The summed E-state index contributed by atoms with van der Waals surface area (Å²) in [7, 11) is 0. The van der Waals surface area contributed by atoms with Crippen LogP contribution >= 0.6 is 11.3 Å². The number of primary amides is 1. The number of carbonyl (C=O) groups is 2. The van der Waals surface area contributed by atoms with Gasteiger partial charge in [0, 0.05) is 17.5 Å². The topological polar surface area (TPSA) is 110 Å². The molecule has 0 saturated carbocycles. The number of amides is 3. The molecular formula is C15H19N5O2S. The van der Waals surface area contributed by atoms with Crippen LogP contribution in [0.15, 0.2) is 24.3 Å². The fourth-order valence-corrected chi connectivity index (χ4v) is 2.51. The molecular weight excluding hydrogens is 314 g/mol. The first-order valence-electron chi connectivity index (χ1n) is 7.03. The van der Waals surface area contributed by atoms with Gasteiger partial charge in [0.25, 0.3) is 5.91 Å². The Kier molecular flexibility index (Phi) is 4.95. The Balaban J connectivity index is 2.00. The standard InChI is InChI=1S/C15H19N5O2S/c1-15(2,3)12-19-20-14(23-12)18-11(21)10-6-4-9(5-7-10)8-17-13(16)22/h4-7H,8H2,1-3H3,(H3,16,17,22)(H,18,20,21). The molecule has 0 radical (unpaired) electrons. The molecule has 122 valence electrons. The molecule has 0 unspecified atom stereocenters. The number of benzene rings is 1. The summed E-state index contributed by atoms with van der Waals surface area (Å²) in [5.41, 5.74) is 6.26. The molecule has 0 aliphatic carbocycles. The van der Waals surface area contributed by atoms with Crippen LogP contribution in [0.1, 0.15) is 41.7 Å². The van der Waals surface area contributed by atoms with E-state index in [-0.39, 0.29) is 11.3 Å². The van der Waals surface area contributed by atoms with Crippen molar-refractivity contribution in [1.29, 1.82) is 0 Å². The molecule has 0 bridgehead atoms. The van der Waals surface area contributed by atoms with E-state index >= 15 is 0 Å². The number of nitrogens with one attached hydrogen (secondary N) is 2. The summed E-state index contributed by atoms with van der Waals surface area (Å²) in [4.78, 5) is 22.8. The minimum Gasteiger partial charge on any atom is -0.352 e. The normalized spacial score (nSPS) is 11.1. The van der Waals surface area contributed by atoms with Gasteiger partial charge in [0.05, 0.1) is 0 Å². The van der Waals surface area contributed by atoms with Crippen molar-refractivity contribution in [3.8, 4) is 0 Å². The molecule has 23 heavy (non-hydrogen) atoms. The van der Waals surface area contributed by atoms with Crippen LogP contribution in [-0.4, -0.2) is 22.1 Å². The third kappa shape index (κ3) is 4.75. The second-order valence-corrected chi connectivity index (χ2v) is 7.01. The second kappa shape index (κ2) is 6.74. The lowest BCUT2D eigenvalue weighted by Crippen LogP contribution is -2.28. The Morgan fingerprint density at radius 1 is 1.17 bits per heavy atom. The van der Waals surface area contributed by atoms with Gasteiger partial charge in [-0.15, -0.1) is 10.2 Å². The number of carbonyl (C=O) groups excluding carboxylic acids is 2. The van der Waals surface area contributed by atoms with Crippen LogP contribution in [0.25, 0.3) is 0 Å². The van der Waals surface area contributed by atoms with Crippen LogP contribution in [0.3, 0.4) is 0 Å². The molecule has 1 aromatic carbocycles. The van der Waals surface area contributed by atoms with Crippen molar-refractivity contribution in [3.63, 3.8) is 0 Å². The highest BCUT2D eigenvalue weighted by Gasteiger charge is 2.20. The van der Waals surface area contributed by atoms with E-state index in [9.17, 15) is 9.59 Å². The zero-order valence-corrected chi connectivity index (χ0v) is 14.0. The van der Waals surface area contributed by atoms with E-state index in [1.54, 1.807) is 24.3 Å². The first-order chi connectivity index (χ1) is 10.8. The van der Waals surface area contributed by atoms with Crippen molar-refractivity contribution >= 4 is 28.4 Å². The SMILES string of the molecule is CC(C)(C)c1nnc(NC(=O)c2ccc(CNC(N)=O)cc2)s1. The first-order valence-corrected chi connectivity index (χ1v) is 7.85. The fraction of sp³-hybridized carbons (Fsp3) is 0.333. The zero-order valence-electron chi connectivity index (χ0n) is 13.2. The number of hydrogen-bond acceptors (Lipinski definition) is 5. The van der Waals surface area contributed by atoms with E-state index in [1.807, 2.05) is 20.8 Å². The number of nitrogens with zero attached hydrogens (tertiary/aromatic N) is 2. The van der Waals surface area contributed by atoms with Gasteiger partial charge in [0.15, 0.2) is 0 Å². The Morgan fingerprint density at radius 2 is 1.83 bits per heavy atom. The van der Waals surface area contributed by atoms with E-state index in [0.29, 0.717) is 17.2 Å². The molecule has 2 aromatic rings. The highest BCUT2D eigenvalue weighted by atomic mass is 32.1. The predicted octanol–water partition coefficient (Wildman–Crippen LogP) is 2.26. The minimum absolute atomic E-state index is 0.101. The number of nitrogens with two attached hydrogens (primary N) is 1. The molecule has 0 spiro atoms. The maximum absolute atomic E-state index is 12.2. The van der Waals surface area contributed by atoms with Crippen LogP contribution in [0.4, 0.5) is 9.93 Å². The van der Waals surface area contributed by atoms with Crippen LogP contribution in [0.2, 0.25) is 0 Å². The van der Waals surface area contributed by atoms with Crippen LogP contribution in [-0.2, 0) is 12.0 Å². The lowest BCUT2D eigenvalue weighted by molar-refractivity contribution is 0.102. The second-order valence-electron chi connectivity index (χ2n) is 6.03. The van der Waals surface area contributed by atoms with Crippen molar-refractivity contribution in [3.05, 3.63) is 40.4 Å². The quantitative estimate of drug-likeness (QED) is 0.797. The van der Waals surface area contributed by atoms with Crippen LogP contribution in [0, 0.1) is 0 Å². The van der Waals surface area contributed by atoms with E-state index in [1.165, 1.54) is 11.3 Å². The summed E-state index contributed by atoms with van der Waals surface area (Å²) < 4.78 is 0. The Labute approximate surface area is 138 Å². The Bertz CT molecular complexity index is 703. The number of hydrogen-bond donors (Lipinski definition) is 3. The van der Waals surface area contributed by atoms with Gasteiger partial charge in [-0.1, -0.05) is 44.2 Å². The van der Waals surface area contributed by atoms with Gasteiger partial charge in [0.2, 0.25) is 5.13 Å². The van der Waals surface area contributed by atoms with Gasteiger partial charge < -0.3 is 11.1 Å². The maximum atomic E-state index is 12.2. The molecule has 0 aliphatic heterocycles. The van der Waals surface area contributed by atoms with Crippen molar-refractivity contribution in [2.24, 2.45) is 5.73 Å². The molecule has 0 atom stereocenters. The molecule has 0 saturated heterocycles. The minimum atomic E-state index is -0.585. The maximum Gasteiger partial charge on any atom is 0.312 e. The van der Waals surface area contributed by atoms with E-state index in [4.69, 9.17) is 5.73 Å². The number of aromatic nitrogens is 2. The number of urea groups is 1. The van der Waals surface area contributed by atoms with Crippen LogP contribution < -0.4 is 16.4 Å². The van der Waals surface area contributed by atoms with Gasteiger partial charge in [-0.2, -0.15) is 0 Å². The predicted molar refractivity (Wildman–Crippen MR) is 89.4 cm³/mol. The van der Waals surface area contributed by atoms with Crippen molar-refractivity contribution in [1.82, 2.24) is 15.5 Å². The highest BCUT2D eigenvalue weighted by molar-refractivity contribution is 7.15. The van der Waals surface area contributed by atoms with Gasteiger partial charge >= 0.3 is 6.03 Å². The first kappa shape index (κ1) is 16.9. The van der Waals surface area contributed by atoms with Crippen molar-refractivity contribution in [2.45, 2.75) is 32.7 Å². The van der Waals surface area contributed by atoms with E-state index < -0.39 is 6.03 Å². The van der Waals surface area contributed by atoms with Crippen molar-refractivity contribution in [2.75, 3.05) is 5.32 Å². The summed E-state index contributed by atoms with van der Waals surface area (Å²) in [6, 6.07) is 6.28. The van der Waals surface area contributed by atoms with Gasteiger partial charge in [0.1, 0.15) is 5.01 Å². The molecule has 2 rings (SSSR count). The lowest BCUT2D eigenvalue weighted by atomic mass is 9.98. The molecule has 0 aliphatic rings. The molecule has 1 aromatic heterocycles. The lowest BCUT2D eigenvalue weighted by Gasteiger charge is -2.12. The smallest absolute Gasteiger partial charge is 0.312 e. The average molecular weight is 333 g/mol. The monoisotopic (exact) mass is 333 g/mol. The summed E-state index contributed by atoms with van der Waals surface area (Å²) >= 11 is 1.36. The zero-order chi connectivity index (χ0) is 17.0. The molecule has 0 fully saturated rings. The van der Waals surface area contributed by atoms with Gasteiger partial charge in [-0.3, -0.25) is 10.1 Å². The summed E-state index contributed by atoms with van der Waals surface area (Å²) in [5, 5.41) is 14.6. The third-order valence-electron chi connectivity index (χ3n) is 2.97. The molecule has 4 N–H and O–H groups in total. The third-order valence-corrected chi connectivity index (χ3v) is 4.23. The van der Waals surface area contributed by atoms with Gasteiger partial charge in [-0.25, -0.2) is 4.79 Å². The van der Waals surface area contributed by atoms with Crippen LogP contribution in [0.5, 0.6) is 0 Å². The van der Waals surface area contributed by atoms with E-state index in [0.717, 1.165) is 10.6 Å². The summed E-state index contributed by atoms with van der Waals surface area (Å²) in [6.07, 6.45) is 0. The number of anilines is 1. The molecule has 8 heteroatoms. The largest absolute Gasteiger partial charge is 0.352 e. The van der Waals surface area contributed by atoms with Crippen molar-refractivity contribution < 1.29 is 9.59 Å². The Morgan fingerprint density at radius 3 is 2.35 bits per heavy atom. The highest BCUT2D eigenvalue weighted by Crippen LogP contribution is 2.27. The number of rotatable bonds is 4. The summed E-state index contributed by atoms with van der Waals surface area (Å²) in [5.74, 6) is -0.254. The molecule has 1 heterocycles. The van der Waals surface area contributed by atoms with Gasteiger partial charge in [-0.05, 0) is 17.7 Å². The summed E-state index contributed by atoms with van der Waals surface area (Å²) in [6.45, 7) is 6.44. The van der Waals surface area contributed by atoms with E-state index in [2.05, 4.69) is 20.8 Å².